The van der Waals surface area contributed by atoms with E-state index in [1.54, 1.807) is 18.2 Å². The minimum Gasteiger partial charge on any atom is -0.392 e. The number of hydrogen-bond donors (Lipinski definition) is 2. The predicted molar refractivity (Wildman–Crippen MR) is 75.2 cm³/mol. The van der Waals surface area contributed by atoms with Crippen molar-refractivity contribution in [1.29, 1.82) is 0 Å². The number of carbonyl (C=O) groups is 1. The molecule has 0 aliphatic rings. The van der Waals surface area contributed by atoms with Gasteiger partial charge in [0.25, 0.3) is 0 Å². The number of benzene rings is 1. The fraction of sp³-hybridized carbons (Fsp3) is 0.273. The van der Waals surface area contributed by atoms with Gasteiger partial charge in [0.15, 0.2) is 9.84 Å². The summed E-state index contributed by atoms with van der Waals surface area (Å²) in [7, 11) is -3.59. The summed E-state index contributed by atoms with van der Waals surface area (Å²) in [6.07, 6.45) is 0. The number of carbonyl (C=O) groups excluding carboxylic acids is 1. The second-order valence-corrected chi connectivity index (χ2v) is 6.51. The van der Waals surface area contributed by atoms with Crippen molar-refractivity contribution in [3.05, 3.63) is 29.8 Å². The van der Waals surface area contributed by atoms with Gasteiger partial charge >= 0.3 is 0 Å². The Labute approximate surface area is 111 Å². The van der Waals surface area contributed by atoms with Crippen molar-refractivity contribution in [2.75, 3.05) is 16.8 Å². The average Bonchev–Trinajstić information content (AvgIpc) is 2.13. The molecule has 1 amide bonds. The fourth-order valence-corrected chi connectivity index (χ4v) is 2.93. The van der Waals surface area contributed by atoms with Crippen LogP contribution in [0, 0.1) is 6.92 Å². The highest BCUT2D eigenvalue weighted by Gasteiger charge is 2.17. The van der Waals surface area contributed by atoms with Crippen molar-refractivity contribution < 1.29 is 13.2 Å². The Morgan fingerprint density at radius 2 is 2.06 bits per heavy atom. The summed E-state index contributed by atoms with van der Waals surface area (Å²) in [5.74, 6) is -1.68. The van der Waals surface area contributed by atoms with Crippen molar-refractivity contribution >= 4 is 38.6 Å². The number of sulfone groups is 1. The fourth-order valence-electron chi connectivity index (χ4n) is 1.39. The van der Waals surface area contributed by atoms with Crippen molar-refractivity contribution in [3.63, 3.8) is 0 Å². The number of amides is 1. The first-order chi connectivity index (χ1) is 8.28. The highest BCUT2D eigenvalue weighted by Crippen LogP contribution is 2.09. The predicted octanol–water partition coefficient (Wildman–Crippen LogP) is 0.634. The van der Waals surface area contributed by atoms with Crippen LogP contribution in [0.1, 0.15) is 5.56 Å². The van der Waals surface area contributed by atoms with Crippen molar-refractivity contribution in [2.24, 2.45) is 5.73 Å². The Hall–Kier alpha value is -1.47. The van der Waals surface area contributed by atoms with Gasteiger partial charge < -0.3 is 11.1 Å². The Bertz CT molecular complexity index is 567. The molecule has 0 heterocycles. The van der Waals surface area contributed by atoms with Crippen LogP contribution in [0.15, 0.2) is 24.3 Å². The van der Waals surface area contributed by atoms with E-state index in [2.05, 4.69) is 17.5 Å². The minimum atomic E-state index is -3.59. The molecule has 5 nitrogen and oxygen atoms in total. The number of anilines is 1. The second-order valence-electron chi connectivity index (χ2n) is 3.92. The zero-order valence-electron chi connectivity index (χ0n) is 9.84. The summed E-state index contributed by atoms with van der Waals surface area (Å²) in [5, 5.41) is 2.51. The summed E-state index contributed by atoms with van der Waals surface area (Å²) in [6.45, 7) is 1.87. The molecule has 1 aromatic rings. The molecule has 1 rings (SSSR count). The number of nitrogens with two attached hydrogens (primary N) is 1. The summed E-state index contributed by atoms with van der Waals surface area (Å²) in [6, 6.07) is 7.08. The lowest BCUT2D eigenvalue weighted by Gasteiger charge is -2.06. The van der Waals surface area contributed by atoms with Crippen LogP contribution in [0.5, 0.6) is 0 Å². The lowest BCUT2D eigenvalue weighted by Crippen LogP contribution is -2.29. The molecule has 0 saturated carbocycles. The molecule has 3 N–H and O–H groups in total. The molecular weight excluding hydrogens is 272 g/mol. The quantitative estimate of drug-likeness (QED) is 0.775. The minimum absolute atomic E-state index is 0.140. The van der Waals surface area contributed by atoms with Crippen LogP contribution in [-0.4, -0.2) is 30.8 Å². The third-order valence-corrected chi connectivity index (χ3v) is 3.79. The van der Waals surface area contributed by atoms with Crippen LogP contribution in [0.3, 0.4) is 0 Å². The van der Waals surface area contributed by atoms with Gasteiger partial charge in [-0.15, -0.1) is 0 Å². The van der Waals surface area contributed by atoms with Crippen molar-refractivity contribution in [1.82, 2.24) is 0 Å². The molecule has 98 valence electrons. The largest absolute Gasteiger partial charge is 0.392 e. The highest BCUT2D eigenvalue weighted by molar-refractivity contribution is 7.94. The van der Waals surface area contributed by atoms with E-state index in [1.807, 2.05) is 13.0 Å². The summed E-state index contributed by atoms with van der Waals surface area (Å²) >= 11 is 4.51. The van der Waals surface area contributed by atoms with E-state index in [0.717, 1.165) is 5.56 Å². The Morgan fingerprint density at radius 3 is 2.61 bits per heavy atom. The molecule has 0 atom stereocenters. The molecule has 0 aliphatic heterocycles. The topological polar surface area (TPSA) is 89.3 Å². The lowest BCUT2D eigenvalue weighted by atomic mass is 10.2. The van der Waals surface area contributed by atoms with Gasteiger partial charge in [0, 0.05) is 5.69 Å². The highest BCUT2D eigenvalue weighted by atomic mass is 32.2. The van der Waals surface area contributed by atoms with Crippen LogP contribution in [-0.2, 0) is 14.6 Å². The molecule has 0 radical (unpaired) electrons. The lowest BCUT2D eigenvalue weighted by molar-refractivity contribution is -0.113. The first kappa shape index (κ1) is 14.6. The number of nitrogens with one attached hydrogen (secondary N) is 1. The number of rotatable bonds is 5. The zero-order chi connectivity index (χ0) is 13.8. The molecule has 0 bridgehead atoms. The van der Waals surface area contributed by atoms with Gasteiger partial charge in [0.1, 0.15) is 11.5 Å². The molecular formula is C11H14N2O3S2. The molecule has 18 heavy (non-hydrogen) atoms. The summed E-state index contributed by atoms with van der Waals surface area (Å²) in [5.41, 5.74) is 6.68. The third kappa shape index (κ3) is 5.24. The van der Waals surface area contributed by atoms with Gasteiger partial charge in [-0.3, -0.25) is 4.79 Å². The Morgan fingerprint density at radius 1 is 1.39 bits per heavy atom. The Balaban J connectivity index is 2.65. The van der Waals surface area contributed by atoms with Gasteiger partial charge in [-0.2, -0.15) is 0 Å². The molecule has 0 spiro atoms. The molecule has 7 heteroatoms. The molecule has 0 unspecified atom stereocenters. The van der Waals surface area contributed by atoms with Crippen LogP contribution >= 0.6 is 12.2 Å². The molecule has 0 aliphatic carbocycles. The van der Waals surface area contributed by atoms with Gasteiger partial charge in [0.05, 0.1) is 4.99 Å². The smallest absolute Gasteiger partial charge is 0.239 e. The monoisotopic (exact) mass is 286 g/mol. The summed E-state index contributed by atoms with van der Waals surface area (Å²) in [4.78, 5) is 11.4. The maximum absolute atomic E-state index is 11.5. The zero-order valence-corrected chi connectivity index (χ0v) is 11.5. The third-order valence-electron chi connectivity index (χ3n) is 2.02. The van der Waals surface area contributed by atoms with Crippen LogP contribution in [0.25, 0.3) is 0 Å². The van der Waals surface area contributed by atoms with Gasteiger partial charge in [-0.1, -0.05) is 24.4 Å². The standard InChI is InChI=1S/C11H14N2O3S2/c1-8-3-2-4-9(5-8)13-11(14)7-18(15,16)6-10(12)17/h2-5H,6-7H2,1H3,(H2,12,17)(H,13,14). The maximum Gasteiger partial charge on any atom is 0.239 e. The van der Waals surface area contributed by atoms with E-state index in [0.29, 0.717) is 5.69 Å². The van der Waals surface area contributed by atoms with E-state index in [9.17, 15) is 13.2 Å². The van der Waals surface area contributed by atoms with Crippen LogP contribution in [0.4, 0.5) is 5.69 Å². The molecule has 0 aromatic heterocycles. The summed E-state index contributed by atoms with van der Waals surface area (Å²) < 4.78 is 23.0. The van der Waals surface area contributed by atoms with Crippen LogP contribution in [0.2, 0.25) is 0 Å². The van der Waals surface area contributed by atoms with Crippen LogP contribution < -0.4 is 11.1 Å². The second kappa shape index (κ2) is 5.92. The van der Waals surface area contributed by atoms with E-state index >= 15 is 0 Å². The van der Waals surface area contributed by atoms with E-state index in [1.165, 1.54) is 0 Å². The average molecular weight is 286 g/mol. The Kier molecular flexibility index (Phi) is 4.80. The van der Waals surface area contributed by atoms with E-state index in [4.69, 9.17) is 5.73 Å². The van der Waals surface area contributed by atoms with E-state index in [-0.39, 0.29) is 4.99 Å². The first-order valence-electron chi connectivity index (χ1n) is 5.14. The van der Waals surface area contributed by atoms with Crippen molar-refractivity contribution in [2.45, 2.75) is 6.92 Å². The van der Waals surface area contributed by atoms with Gasteiger partial charge in [-0.25, -0.2) is 8.42 Å². The SMILES string of the molecule is Cc1cccc(NC(=O)CS(=O)(=O)CC(N)=S)c1. The normalized spacial score (nSPS) is 10.9. The van der Waals surface area contributed by atoms with Crippen molar-refractivity contribution in [3.8, 4) is 0 Å². The van der Waals surface area contributed by atoms with E-state index < -0.39 is 27.3 Å². The maximum atomic E-state index is 11.5. The number of thiocarbonyl (C=S) groups is 1. The first-order valence-corrected chi connectivity index (χ1v) is 7.37. The van der Waals surface area contributed by atoms with Gasteiger partial charge in [-0.05, 0) is 24.6 Å². The molecule has 0 saturated heterocycles. The van der Waals surface area contributed by atoms with Gasteiger partial charge in [0.2, 0.25) is 5.91 Å². The molecule has 1 aromatic carbocycles. The number of aryl methyl sites for hydroxylation is 1. The number of hydrogen-bond acceptors (Lipinski definition) is 4. The molecule has 0 fully saturated rings.